The highest BCUT2D eigenvalue weighted by Crippen LogP contribution is 2.28. The molecular formula is C26H23NO3. The fraction of sp³-hybridized carbons (Fsp3) is 0.115. The normalized spacial score (nSPS) is 10.6. The summed E-state index contributed by atoms with van der Waals surface area (Å²) in [5.74, 6) is 1.56. The van der Waals surface area contributed by atoms with Crippen molar-refractivity contribution >= 4 is 0 Å². The van der Waals surface area contributed by atoms with Gasteiger partial charge in [0, 0.05) is 6.07 Å². The van der Waals surface area contributed by atoms with E-state index in [0.29, 0.717) is 6.54 Å². The highest BCUT2D eigenvalue weighted by atomic mass is 16.5. The summed E-state index contributed by atoms with van der Waals surface area (Å²) in [6, 6.07) is 29.3. The van der Waals surface area contributed by atoms with Crippen LogP contribution in [0.1, 0.15) is 5.56 Å². The van der Waals surface area contributed by atoms with Gasteiger partial charge in [-0.1, -0.05) is 42.5 Å². The van der Waals surface area contributed by atoms with Crippen LogP contribution in [-0.4, -0.2) is 18.8 Å². The van der Waals surface area contributed by atoms with Gasteiger partial charge in [0.25, 0.3) is 5.56 Å². The van der Waals surface area contributed by atoms with Crippen molar-refractivity contribution in [1.29, 1.82) is 0 Å². The second kappa shape index (κ2) is 8.70. The Morgan fingerprint density at radius 3 is 1.80 bits per heavy atom. The monoisotopic (exact) mass is 397 g/mol. The molecule has 4 nitrogen and oxygen atoms in total. The molecule has 4 rings (SSSR count). The zero-order valence-electron chi connectivity index (χ0n) is 17.0. The molecule has 0 aliphatic carbocycles. The summed E-state index contributed by atoms with van der Waals surface area (Å²) < 4.78 is 12.4. The van der Waals surface area contributed by atoms with E-state index in [1.54, 1.807) is 20.3 Å². The molecular weight excluding hydrogens is 374 g/mol. The van der Waals surface area contributed by atoms with Gasteiger partial charge in [-0.05, 0) is 64.7 Å². The highest BCUT2D eigenvalue weighted by Gasteiger charge is 2.12. The van der Waals surface area contributed by atoms with Gasteiger partial charge in [0.2, 0.25) is 0 Å². The van der Waals surface area contributed by atoms with Gasteiger partial charge in [-0.25, -0.2) is 0 Å². The lowest BCUT2D eigenvalue weighted by atomic mass is 10.0. The first-order chi connectivity index (χ1) is 14.7. The number of hydrogen-bond acceptors (Lipinski definition) is 3. The first-order valence-electron chi connectivity index (χ1n) is 9.75. The van der Waals surface area contributed by atoms with Crippen LogP contribution in [0, 0.1) is 0 Å². The molecule has 0 radical (unpaired) electrons. The van der Waals surface area contributed by atoms with Crippen molar-refractivity contribution < 1.29 is 9.47 Å². The number of hydrogen-bond donors (Lipinski definition) is 0. The predicted molar refractivity (Wildman–Crippen MR) is 120 cm³/mol. The molecule has 30 heavy (non-hydrogen) atoms. The second-order valence-electron chi connectivity index (χ2n) is 7.00. The Bertz CT molecular complexity index is 1180. The van der Waals surface area contributed by atoms with Crippen molar-refractivity contribution in [3.05, 3.63) is 107 Å². The molecule has 1 heterocycles. The van der Waals surface area contributed by atoms with Crippen molar-refractivity contribution in [2.75, 3.05) is 14.2 Å². The lowest BCUT2D eigenvalue weighted by molar-refractivity contribution is 0.415. The molecule has 1 aromatic heterocycles. The van der Waals surface area contributed by atoms with Crippen LogP contribution in [0.15, 0.2) is 95.8 Å². The van der Waals surface area contributed by atoms with Gasteiger partial charge < -0.3 is 14.0 Å². The Balaban J connectivity index is 1.84. The summed E-state index contributed by atoms with van der Waals surface area (Å²) >= 11 is 0. The average Bonchev–Trinajstić information content (AvgIpc) is 2.81. The number of rotatable bonds is 6. The van der Waals surface area contributed by atoms with Crippen LogP contribution in [0.4, 0.5) is 0 Å². The second-order valence-corrected chi connectivity index (χ2v) is 7.00. The Labute approximate surface area is 176 Å². The third kappa shape index (κ3) is 4.13. The predicted octanol–water partition coefficient (Wildman–Crippen LogP) is 5.25. The van der Waals surface area contributed by atoms with Crippen LogP contribution in [0.5, 0.6) is 11.5 Å². The van der Waals surface area contributed by atoms with Crippen LogP contribution in [0.3, 0.4) is 0 Å². The quantitative estimate of drug-likeness (QED) is 0.446. The third-order valence-corrected chi connectivity index (χ3v) is 5.12. The van der Waals surface area contributed by atoms with Crippen molar-refractivity contribution in [3.8, 4) is 33.9 Å². The largest absolute Gasteiger partial charge is 0.497 e. The van der Waals surface area contributed by atoms with Crippen LogP contribution >= 0.6 is 0 Å². The van der Waals surface area contributed by atoms with E-state index in [2.05, 4.69) is 6.07 Å². The molecule has 0 unspecified atom stereocenters. The molecule has 0 atom stereocenters. The lowest BCUT2D eigenvalue weighted by Crippen LogP contribution is -2.22. The van der Waals surface area contributed by atoms with E-state index in [1.807, 2.05) is 83.4 Å². The average molecular weight is 397 g/mol. The van der Waals surface area contributed by atoms with E-state index in [9.17, 15) is 4.79 Å². The molecule has 4 heteroatoms. The topological polar surface area (TPSA) is 40.5 Å². The minimum absolute atomic E-state index is 0.0435. The zero-order chi connectivity index (χ0) is 20.9. The van der Waals surface area contributed by atoms with Crippen molar-refractivity contribution in [1.82, 2.24) is 4.57 Å². The minimum Gasteiger partial charge on any atom is -0.497 e. The maximum absolute atomic E-state index is 13.2. The van der Waals surface area contributed by atoms with E-state index in [1.165, 1.54) is 0 Å². The van der Waals surface area contributed by atoms with Crippen LogP contribution < -0.4 is 15.0 Å². The maximum Gasteiger partial charge on any atom is 0.251 e. The third-order valence-electron chi connectivity index (χ3n) is 5.12. The Hall–Kier alpha value is -3.79. The standard InChI is InChI=1S/C26H23NO3/c1-29-23-12-8-20(9-13-23)22-16-25(21-10-14-24(30-2)15-11-21)27(26(28)17-22)18-19-6-4-3-5-7-19/h3-17H,18H2,1-2H3. The first-order valence-corrected chi connectivity index (χ1v) is 9.75. The molecule has 3 aromatic carbocycles. The van der Waals surface area contributed by atoms with Gasteiger partial charge in [-0.3, -0.25) is 4.79 Å². The number of ether oxygens (including phenoxy) is 2. The summed E-state index contributed by atoms with van der Waals surface area (Å²) in [6.07, 6.45) is 0. The molecule has 0 saturated carbocycles. The molecule has 0 amide bonds. The summed E-state index contributed by atoms with van der Waals surface area (Å²) in [4.78, 5) is 13.2. The molecule has 150 valence electrons. The zero-order valence-corrected chi connectivity index (χ0v) is 17.0. The van der Waals surface area contributed by atoms with Gasteiger partial charge in [0.05, 0.1) is 26.5 Å². The van der Waals surface area contributed by atoms with Crippen molar-refractivity contribution in [3.63, 3.8) is 0 Å². The van der Waals surface area contributed by atoms with Gasteiger partial charge in [0.1, 0.15) is 11.5 Å². The minimum atomic E-state index is -0.0435. The van der Waals surface area contributed by atoms with E-state index in [0.717, 1.165) is 39.4 Å². The molecule has 0 N–H and O–H groups in total. The first kappa shape index (κ1) is 19.5. The van der Waals surface area contributed by atoms with Crippen LogP contribution in [-0.2, 0) is 6.54 Å². The van der Waals surface area contributed by atoms with E-state index in [4.69, 9.17) is 9.47 Å². The number of pyridine rings is 1. The van der Waals surface area contributed by atoms with Crippen molar-refractivity contribution in [2.24, 2.45) is 0 Å². The van der Waals surface area contributed by atoms with E-state index >= 15 is 0 Å². The number of aromatic nitrogens is 1. The van der Waals surface area contributed by atoms with Crippen LogP contribution in [0.25, 0.3) is 22.4 Å². The van der Waals surface area contributed by atoms with E-state index in [-0.39, 0.29) is 5.56 Å². The van der Waals surface area contributed by atoms with Gasteiger partial charge in [-0.2, -0.15) is 0 Å². The fourth-order valence-electron chi connectivity index (χ4n) is 3.48. The molecule has 0 saturated heterocycles. The summed E-state index contributed by atoms with van der Waals surface area (Å²) in [6.45, 7) is 0.504. The van der Waals surface area contributed by atoms with Crippen molar-refractivity contribution in [2.45, 2.75) is 6.54 Å². The van der Waals surface area contributed by atoms with Crippen LogP contribution in [0.2, 0.25) is 0 Å². The van der Waals surface area contributed by atoms with Gasteiger partial charge in [-0.15, -0.1) is 0 Å². The molecule has 0 aliphatic heterocycles. The fourth-order valence-corrected chi connectivity index (χ4v) is 3.48. The number of methoxy groups -OCH3 is 2. The number of benzene rings is 3. The van der Waals surface area contributed by atoms with Gasteiger partial charge in [0.15, 0.2) is 0 Å². The maximum atomic E-state index is 13.2. The summed E-state index contributed by atoms with van der Waals surface area (Å²) in [5.41, 5.74) is 4.69. The molecule has 0 aliphatic rings. The smallest absolute Gasteiger partial charge is 0.251 e. The lowest BCUT2D eigenvalue weighted by Gasteiger charge is -2.16. The summed E-state index contributed by atoms with van der Waals surface area (Å²) in [5, 5.41) is 0. The Morgan fingerprint density at radius 1 is 0.667 bits per heavy atom. The van der Waals surface area contributed by atoms with E-state index < -0.39 is 0 Å². The molecule has 0 bridgehead atoms. The molecule has 4 aromatic rings. The SMILES string of the molecule is COc1ccc(-c2cc(-c3ccc(OC)cc3)n(Cc3ccccc3)c(=O)c2)cc1. The molecule has 0 spiro atoms. The summed E-state index contributed by atoms with van der Waals surface area (Å²) in [7, 11) is 3.28. The molecule has 0 fully saturated rings. The van der Waals surface area contributed by atoms with Gasteiger partial charge >= 0.3 is 0 Å². The highest BCUT2D eigenvalue weighted by molar-refractivity contribution is 5.71. The Kier molecular flexibility index (Phi) is 5.66. The number of nitrogens with zero attached hydrogens (tertiary/aromatic N) is 1. The Morgan fingerprint density at radius 2 is 1.23 bits per heavy atom.